The summed E-state index contributed by atoms with van der Waals surface area (Å²) < 4.78 is 38.3. The van der Waals surface area contributed by atoms with Gasteiger partial charge in [0, 0.05) is 25.1 Å². The molecule has 0 aromatic heterocycles. The first-order chi connectivity index (χ1) is 15.8. The summed E-state index contributed by atoms with van der Waals surface area (Å²) >= 11 is 6.19. The van der Waals surface area contributed by atoms with Crippen LogP contribution in [-0.4, -0.2) is 45.9 Å². The predicted octanol–water partition coefficient (Wildman–Crippen LogP) is 4.55. The molecule has 0 bridgehead atoms. The molecule has 3 aromatic carbocycles. The van der Waals surface area contributed by atoms with Crippen molar-refractivity contribution in [3.8, 4) is 11.5 Å². The lowest BCUT2D eigenvalue weighted by Crippen LogP contribution is -2.41. The Morgan fingerprint density at radius 1 is 0.970 bits per heavy atom. The number of nitrogens with zero attached hydrogens (tertiary/aromatic N) is 1. The molecule has 3 aromatic rings. The molecule has 9 heteroatoms. The van der Waals surface area contributed by atoms with Crippen molar-refractivity contribution in [1.82, 2.24) is 4.31 Å². The van der Waals surface area contributed by atoms with E-state index in [0.29, 0.717) is 35.1 Å². The van der Waals surface area contributed by atoms with Crippen molar-refractivity contribution in [2.45, 2.75) is 17.7 Å². The maximum atomic E-state index is 13.2. The number of rotatable bonds is 6. The number of piperidine rings is 1. The monoisotopic (exact) mass is 488 g/mol. The Kier molecular flexibility index (Phi) is 6.78. The molecule has 33 heavy (non-hydrogen) atoms. The maximum Gasteiger partial charge on any atom is 0.243 e. The van der Waals surface area contributed by atoms with Gasteiger partial charge in [-0.2, -0.15) is 4.31 Å². The van der Waals surface area contributed by atoms with Crippen LogP contribution in [0.25, 0.3) is 10.8 Å². The van der Waals surface area contributed by atoms with E-state index in [1.807, 2.05) is 30.3 Å². The van der Waals surface area contributed by atoms with Crippen LogP contribution in [-0.2, 0) is 14.8 Å². The fraction of sp³-hybridized carbons (Fsp3) is 0.292. The highest BCUT2D eigenvalue weighted by Crippen LogP contribution is 2.36. The fourth-order valence-electron chi connectivity index (χ4n) is 4.03. The van der Waals surface area contributed by atoms with Crippen LogP contribution in [0.1, 0.15) is 12.8 Å². The lowest BCUT2D eigenvalue weighted by atomic mass is 9.97. The number of benzene rings is 3. The standard InChI is InChI=1S/C24H25ClN2O5S/c1-31-22-15-23(32-2)21(14-20(22)25)26-24(28)17-9-11-27(12-10-17)33(29,30)19-8-7-16-5-3-4-6-18(16)13-19/h3-8,13-15,17H,9-12H2,1-2H3,(H,26,28). The molecule has 0 radical (unpaired) electrons. The van der Waals surface area contributed by atoms with Crippen molar-refractivity contribution < 1.29 is 22.7 Å². The van der Waals surface area contributed by atoms with E-state index in [4.69, 9.17) is 21.1 Å². The zero-order valence-electron chi connectivity index (χ0n) is 18.4. The smallest absolute Gasteiger partial charge is 0.243 e. The van der Waals surface area contributed by atoms with Gasteiger partial charge in [0.25, 0.3) is 0 Å². The fourth-order valence-corrected chi connectivity index (χ4v) is 5.77. The van der Waals surface area contributed by atoms with Crippen LogP contribution in [0, 0.1) is 5.92 Å². The van der Waals surface area contributed by atoms with Crippen molar-refractivity contribution in [2.24, 2.45) is 5.92 Å². The summed E-state index contributed by atoms with van der Waals surface area (Å²) in [6.45, 7) is 0.543. The number of hydrogen-bond donors (Lipinski definition) is 1. The number of methoxy groups -OCH3 is 2. The van der Waals surface area contributed by atoms with Crippen LogP contribution in [0.4, 0.5) is 5.69 Å². The molecular weight excluding hydrogens is 464 g/mol. The van der Waals surface area contributed by atoms with E-state index < -0.39 is 10.0 Å². The normalized spacial score (nSPS) is 15.4. The first-order valence-electron chi connectivity index (χ1n) is 10.5. The van der Waals surface area contributed by atoms with E-state index in [0.717, 1.165) is 10.8 Å². The second-order valence-electron chi connectivity index (χ2n) is 7.86. The minimum atomic E-state index is -3.64. The summed E-state index contributed by atoms with van der Waals surface area (Å²) in [5.41, 5.74) is 0.444. The molecule has 1 N–H and O–H groups in total. The highest BCUT2D eigenvalue weighted by atomic mass is 35.5. The maximum absolute atomic E-state index is 13.2. The van der Waals surface area contributed by atoms with Gasteiger partial charge < -0.3 is 14.8 Å². The summed E-state index contributed by atoms with van der Waals surface area (Å²) in [4.78, 5) is 13.1. The highest BCUT2D eigenvalue weighted by Gasteiger charge is 2.32. The number of amides is 1. The van der Waals surface area contributed by atoms with E-state index in [1.165, 1.54) is 18.5 Å². The highest BCUT2D eigenvalue weighted by molar-refractivity contribution is 7.89. The lowest BCUT2D eigenvalue weighted by molar-refractivity contribution is -0.120. The molecule has 1 amide bonds. The largest absolute Gasteiger partial charge is 0.495 e. The average Bonchev–Trinajstić information content (AvgIpc) is 2.84. The molecule has 0 spiro atoms. The quantitative estimate of drug-likeness (QED) is 0.550. The van der Waals surface area contributed by atoms with Crippen molar-refractivity contribution in [2.75, 3.05) is 32.6 Å². The molecule has 1 aliphatic heterocycles. The van der Waals surface area contributed by atoms with Gasteiger partial charge in [0.15, 0.2) is 0 Å². The summed E-state index contributed by atoms with van der Waals surface area (Å²) in [7, 11) is -0.642. The number of carbonyl (C=O) groups excluding carboxylic acids is 1. The first kappa shape index (κ1) is 23.4. The third-order valence-corrected chi connectivity index (χ3v) is 8.11. The minimum Gasteiger partial charge on any atom is -0.495 e. The summed E-state index contributed by atoms with van der Waals surface area (Å²) in [5, 5.41) is 5.07. The molecule has 0 saturated carbocycles. The molecule has 1 aliphatic rings. The van der Waals surface area contributed by atoms with Crippen LogP contribution in [0.2, 0.25) is 5.02 Å². The van der Waals surface area contributed by atoms with Gasteiger partial charge in [0.05, 0.1) is 29.8 Å². The Balaban J connectivity index is 1.44. The SMILES string of the molecule is COc1cc(OC)c(NC(=O)C2CCN(S(=O)(=O)c3ccc4ccccc4c3)CC2)cc1Cl. The van der Waals surface area contributed by atoms with Crippen LogP contribution in [0.3, 0.4) is 0 Å². The summed E-state index contributed by atoms with van der Waals surface area (Å²) in [6.07, 6.45) is 0.843. The molecule has 1 saturated heterocycles. The van der Waals surface area contributed by atoms with Crippen molar-refractivity contribution in [3.05, 3.63) is 59.6 Å². The molecule has 0 unspecified atom stereocenters. The minimum absolute atomic E-state index is 0.197. The van der Waals surface area contributed by atoms with Gasteiger partial charge >= 0.3 is 0 Å². The molecule has 1 heterocycles. The van der Waals surface area contributed by atoms with Crippen molar-refractivity contribution in [3.63, 3.8) is 0 Å². The van der Waals surface area contributed by atoms with Crippen LogP contribution in [0.5, 0.6) is 11.5 Å². The Bertz CT molecular complexity index is 1290. The second kappa shape index (κ2) is 9.59. The van der Waals surface area contributed by atoms with E-state index in [1.54, 1.807) is 24.3 Å². The summed E-state index contributed by atoms with van der Waals surface area (Å²) in [6, 6.07) is 16.0. The van der Waals surface area contributed by atoms with Gasteiger partial charge in [-0.15, -0.1) is 0 Å². The lowest BCUT2D eigenvalue weighted by Gasteiger charge is -2.30. The Morgan fingerprint density at radius 3 is 2.30 bits per heavy atom. The number of fused-ring (bicyclic) bond motifs is 1. The predicted molar refractivity (Wildman–Crippen MR) is 129 cm³/mol. The van der Waals surface area contributed by atoms with Gasteiger partial charge in [-0.25, -0.2) is 8.42 Å². The third kappa shape index (κ3) is 4.78. The molecule has 174 valence electrons. The zero-order valence-corrected chi connectivity index (χ0v) is 19.9. The van der Waals surface area contributed by atoms with Gasteiger partial charge in [-0.3, -0.25) is 4.79 Å². The Labute approximate surface area is 198 Å². The Morgan fingerprint density at radius 2 is 1.64 bits per heavy atom. The number of anilines is 1. The zero-order chi connectivity index (χ0) is 23.6. The number of halogens is 1. The average molecular weight is 489 g/mol. The van der Waals surface area contributed by atoms with Gasteiger partial charge in [0.2, 0.25) is 15.9 Å². The van der Waals surface area contributed by atoms with Crippen LogP contribution < -0.4 is 14.8 Å². The molecular formula is C24H25ClN2O5S. The van der Waals surface area contributed by atoms with Gasteiger partial charge in [0.1, 0.15) is 11.5 Å². The van der Waals surface area contributed by atoms with Crippen LogP contribution >= 0.6 is 11.6 Å². The molecule has 1 fully saturated rings. The molecule has 0 atom stereocenters. The molecule has 0 aliphatic carbocycles. The van der Waals surface area contributed by atoms with E-state index in [9.17, 15) is 13.2 Å². The van der Waals surface area contributed by atoms with Crippen molar-refractivity contribution in [1.29, 1.82) is 0 Å². The third-order valence-electron chi connectivity index (χ3n) is 5.92. The topological polar surface area (TPSA) is 84.9 Å². The number of hydrogen-bond acceptors (Lipinski definition) is 5. The van der Waals surface area contributed by atoms with E-state index >= 15 is 0 Å². The Hall–Kier alpha value is -2.81. The first-order valence-corrected chi connectivity index (χ1v) is 12.4. The number of sulfonamides is 1. The van der Waals surface area contributed by atoms with Crippen molar-refractivity contribution >= 4 is 44.0 Å². The van der Waals surface area contributed by atoms with E-state index in [-0.39, 0.29) is 29.8 Å². The number of nitrogens with one attached hydrogen (secondary N) is 1. The summed E-state index contributed by atoms with van der Waals surface area (Å²) in [5.74, 6) is 0.357. The number of carbonyl (C=O) groups is 1. The molecule has 7 nitrogen and oxygen atoms in total. The number of ether oxygens (including phenoxy) is 2. The van der Waals surface area contributed by atoms with Gasteiger partial charge in [-0.1, -0.05) is 41.9 Å². The van der Waals surface area contributed by atoms with E-state index in [2.05, 4.69) is 5.32 Å². The second-order valence-corrected chi connectivity index (χ2v) is 10.2. The van der Waals surface area contributed by atoms with Gasteiger partial charge in [-0.05, 0) is 41.8 Å². The molecule has 4 rings (SSSR count). The van der Waals surface area contributed by atoms with Crippen LogP contribution in [0.15, 0.2) is 59.5 Å².